The van der Waals surface area contributed by atoms with Crippen molar-refractivity contribution in [1.82, 2.24) is 20.5 Å². The molecular formula is C29H40F3N5O4. The lowest BCUT2D eigenvalue weighted by molar-refractivity contribution is -0.161. The molecule has 0 bridgehead atoms. The fourth-order valence-electron chi connectivity index (χ4n) is 5.19. The van der Waals surface area contributed by atoms with Crippen LogP contribution in [0.3, 0.4) is 0 Å². The zero-order chi connectivity index (χ0) is 30.3. The number of aliphatic hydroxyl groups excluding tert-OH is 1. The molecule has 0 radical (unpaired) electrons. The number of halogens is 3. The molecule has 0 amide bonds. The molecule has 1 saturated carbocycles. The number of hydrogen-bond donors (Lipinski definition) is 3. The zero-order valence-electron chi connectivity index (χ0n) is 24.6. The Morgan fingerprint density at radius 3 is 2.46 bits per heavy atom. The first-order valence-corrected chi connectivity index (χ1v) is 13.9. The molecule has 2 heterocycles. The van der Waals surface area contributed by atoms with E-state index in [1.807, 2.05) is 27.7 Å². The largest absolute Gasteiger partial charge is 0.462 e. The first-order valence-electron chi connectivity index (χ1n) is 13.9. The Balaban J connectivity index is 1.57. The molecule has 0 saturated heterocycles. The number of rotatable bonds is 6. The predicted molar refractivity (Wildman–Crippen MR) is 148 cm³/mol. The van der Waals surface area contributed by atoms with E-state index in [9.17, 15) is 23.1 Å². The highest BCUT2D eigenvalue weighted by Crippen LogP contribution is 2.31. The number of nitrogens with one attached hydrogen (secondary N) is 2. The third-order valence-electron chi connectivity index (χ3n) is 7.31. The van der Waals surface area contributed by atoms with Crippen molar-refractivity contribution in [1.29, 1.82) is 0 Å². The molecule has 12 heteroatoms. The Hall–Kier alpha value is -2.99. The summed E-state index contributed by atoms with van der Waals surface area (Å²) in [5.41, 5.74) is 1.24. The minimum Gasteiger partial charge on any atom is -0.462 e. The highest BCUT2D eigenvalue weighted by Gasteiger charge is 2.34. The van der Waals surface area contributed by atoms with E-state index in [4.69, 9.17) is 14.1 Å². The van der Waals surface area contributed by atoms with Gasteiger partial charge in [-0.3, -0.25) is 4.79 Å². The number of aryl methyl sites for hydroxylation is 1. The van der Waals surface area contributed by atoms with Crippen LogP contribution in [0.4, 0.5) is 19.2 Å². The van der Waals surface area contributed by atoms with Crippen molar-refractivity contribution in [2.75, 3.05) is 11.9 Å². The van der Waals surface area contributed by atoms with E-state index in [-0.39, 0.29) is 29.3 Å². The Morgan fingerprint density at radius 1 is 1.12 bits per heavy atom. The third-order valence-corrected chi connectivity index (χ3v) is 7.31. The average molecular weight is 580 g/mol. The molecule has 2 aliphatic rings. The number of fused-ring (bicyclic) bond motifs is 1. The molecule has 0 aromatic carbocycles. The van der Waals surface area contributed by atoms with Gasteiger partial charge < -0.3 is 24.9 Å². The van der Waals surface area contributed by atoms with Gasteiger partial charge in [-0.15, -0.1) is 5.10 Å². The van der Waals surface area contributed by atoms with Crippen LogP contribution < -0.4 is 21.2 Å². The number of esters is 1. The molecule has 2 aliphatic carbocycles. The molecule has 41 heavy (non-hydrogen) atoms. The monoisotopic (exact) mass is 579 g/mol. The lowest BCUT2D eigenvalue weighted by Crippen LogP contribution is -2.46. The second kappa shape index (κ2) is 11.4. The fraction of sp³-hybridized carbons (Fsp3) is 0.655. The number of carbonyl (C=O) groups is 1. The molecule has 4 atom stereocenters. The molecule has 0 aliphatic heterocycles. The second-order valence-corrected chi connectivity index (χ2v) is 13.2. The number of ether oxygens (including phenoxy) is 1. The van der Waals surface area contributed by atoms with Crippen LogP contribution >= 0.6 is 0 Å². The highest BCUT2D eigenvalue weighted by molar-refractivity contribution is 5.75. The summed E-state index contributed by atoms with van der Waals surface area (Å²) in [6.45, 7) is 12.2. The summed E-state index contributed by atoms with van der Waals surface area (Å²) in [5, 5.41) is 25.9. The molecule has 0 spiro atoms. The van der Waals surface area contributed by atoms with E-state index in [1.165, 1.54) is 0 Å². The fourth-order valence-corrected chi connectivity index (χ4v) is 5.19. The van der Waals surface area contributed by atoms with Crippen LogP contribution in [0.15, 0.2) is 10.5 Å². The summed E-state index contributed by atoms with van der Waals surface area (Å²) < 4.78 is 50.2. The van der Waals surface area contributed by atoms with Gasteiger partial charge in [-0.05, 0) is 63.2 Å². The van der Waals surface area contributed by atoms with Gasteiger partial charge in [0.25, 0.3) is 5.89 Å². The minimum atomic E-state index is -4.30. The van der Waals surface area contributed by atoms with Crippen LogP contribution in [0.1, 0.15) is 72.8 Å². The van der Waals surface area contributed by atoms with Crippen molar-refractivity contribution < 1.29 is 32.2 Å². The Kier molecular flexibility index (Phi) is 8.57. The van der Waals surface area contributed by atoms with Gasteiger partial charge in [-0.25, -0.2) is 4.98 Å². The van der Waals surface area contributed by atoms with Crippen molar-refractivity contribution in [2.45, 2.75) is 105 Å². The Labute approximate surface area is 237 Å². The number of anilines is 1. The van der Waals surface area contributed by atoms with Gasteiger partial charge in [0.1, 0.15) is 11.8 Å². The SMILES string of the molecule is Cc1cc(-c2nnc(N[C@@H]3C[C@@H](O)C[C@H](OC(=O)C(C)(C)C)C3)o2)nc2c1=CC(NCC(F)(F)F)CC=2C(C)(C)C. The van der Waals surface area contributed by atoms with Gasteiger partial charge >= 0.3 is 18.2 Å². The topological polar surface area (TPSA) is 122 Å². The summed E-state index contributed by atoms with van der Waals surface area (Å²) in [5.74, 6) is -0.133. The van der Waals surface area contributed by atoms with Gasteiger partial charge in [-0.1, -0.05) is 31.9 Å². The van der Waals surface area contributed by atoms with Crippen LogP contribution in [0.25, 0.3) is 23.2 Å². The average Bonchev–Trinajstić information content (AvgIpc) is 3.28. The lowest BCUT2D eigenvalue weighted by Gasteiger charge is -2.33. The zero-order valence-corrected chi connectivity index (χ0v) is 24.6. The van der Waals surface area contributed by atoms with E-state index in [0.717, 1.165) is 16.4 Å². The van der Waals surface area contributed by atoms with Crippen molar-refractivity contribution in [3.8, 4) is 11.6 Å². The summed E-state index contributed by atoms with van der Waals surface area (Å²) in [6.07, 6.45) is -1.91. The summed E-state index contributed by atoms with van der Waals surface area (Å²) in [6, 6.07) is 1.21. The molecule has 3 N–H and O–H groups in total. The van der Waals surface area contributed by atoms with E-state index in [0.29, 0.717) is 36.7 Å². The number of aliphatic hydroxyl groups is 1. The van der Waals surface area contributed by atoms with E-state index >= 15 is 0 Å². The summed E-state index contributed by atoms with van der Waals surface area (Å²) in [7, 11) is 0. The number of aromatic nitrogens is 3. The van der Waals surface area contributed by atoms with Crippen molar-refractivity contribution in [2.24, 2.45) is 10.8 Å². The highest BCUT2D eigenvalue weighted by atomic mass is 19.4. The standard InChI is InChI=1S/C29H40F3N5O4/c1-15-8-22(35-23-20(15)11-16(33-14-29(30,31)32)12-21(23)27(2,3)4)24-36-37-26(41-24)34-17-9-18(38)13-19(10-17)40-25(39)28(5,6)7/h8,11,16-19,33,38H,9-10,12-14H2,1-7H3,(H,34,37)/t16?,17-,18-,19-/m1/s1. The van der Waals surface area contributed by atoms with Crippen LogP contribution in [0.2, 0.25) is 0 Å². The molecule has 4 rings (SSSR count). The number of alkyl halides is 3. The Bertz CT molecular complexity index is 1390. The maximum absolute atomic E-state index is 12.9. The number of carbonyl (C=O) groups excluding carboxylic acids is 1. The molecule has 226 valence electrons. The van der Waals surface area contributed by atoms with Crippen LogP contribution in [0.5, 0.6) is 0 Å². The van der Waals surface area contributed by atoms with Crippen molar-refractivity contribution in [3.05, 3.63) is 22.2 Å². The van der Waals surface area contributed by atoms with Gasteiger partial charge in [0, 0.05) is 30.1 Å². The summed E-state index contributed by atoms with van der Waals surface area (Å²) in [4.78, 5) is 17.2. The smallest absolute Gasteiger partial charge is 0.401 e. The van der Waals surface area contributed by atoms with E-state index in [2.05, 4.69) is 20.8 Å². The maximum Gasteiger partial charge on any atom is 0.401 e. The first kappa shape index (κ1) is 31.0. The number of pyridine rings is 1. The summed E-state index contributed by atoms with van der Waals surface area (Å²) >= 11 is 0. The molecule has 9 nitrogen and oxygen atoms in total. The number of hydrogen-bond acceptors (Lipinski definition) is 9. The predicted octanol–water partition coefficient (Wildman–Crippen LogP) is 3.62. The van der Waals surface area contributed by atoms with Crippen LogP contribution in [-0.2, 0) is 9.53 Å². The maximum atomic E-state index is 12.9. The van der Waals surface area contributed by atoms with Gasteiger partial charge in [0.2, 0.25) is 0 Å². The van der Waals surface area contributed by atoms with E-state index < -0.39 is 36.4 Å². The van der Waals surface area contributed by atoms with Gasteiger partial charge in [0.05, 0.1) is 23.4 Å². The first-order chi connectivity index (χ1) is 18.9. The Morgan fingerprint density at radius 2 is 1.83 bits per heavy atom. The number of nitrogens with zero attached hydrogens (tertiary/aromatic N) is 3. The van der Waals surface area contributed by atoms with Crippen molar-refractivity contribution >= 4 is 23.6 Å². The molecule has 2 aromatic rings. The normalized spacial score (nSPS) is 23.5. The quantitative estimate of drug-likeness (QED) is 0.441. The van der Waals surface area contributed by atoms with Crippen LogP contribution in [-0.4, -0.2) is 63.3 Å². The third kappa shape index (κ3) is 7.85. The molecular weight excluding hydrogens is 539 g/mol. The van der Waals surface area contributed by atoms with E-state index in [1.54, 1.807) is 32.9 Å². The second-order valence-electron chi connectivity index (χ2n) is 13.2. The molecule has 2 aromatic heterocycles. The van der Waals surface area contributed by atoms with Crippen molar-refractivity contribution in [3.63, 3.8) is 0 Å². The minimum absolute atomic E-state index is 0.153. The van der Waals surface area contributed by atoms with Gasteiger partial charge in [-0.2, -0.15) is 13.2 Å². The van der Waals surface area contributed by atoms with Gasteiger partial charge in [0.15, 0.2) is 0 Å². The lowest BCUT2D eigenvalue weighted by atomic mass is 9.79. The molecule has 1 fully saturated rings. The molecule has 1 unspecified atom stereocenters. The van der Waals surface area contributed by atoms with Crippen LogP contribution in [0, 0.1) is 17.8 Å².